The van der Waals surface area contributed by atoms with E-state index in [0.29, 0.717) is 13.0 Å². The summed E-state index contributed by atoms with van der Waals surface area (Å²) >= 11 is 0. The number of ether oxygens (including phenoxy) is 2. The SMILES string of the molecule is COC(=O)CCCC/C=C(/CNCCCn1ccnc1)COc1cccc2ccccc12. The third kappa shape index (κ3) is 7.85. The Bertz CT molecular complexity index is 978. The second kappa shape index (κ2) is 13.3. The van der Waals surface area contributed by atoms with Crippen molar-refractivity contribution in [3.63, 3.8) is 0 Å². The van der Waals surface area contributed by atoms with Crippen molar-refractivity contribution >= 4 is 16.7 Å². The smallest absolute Gasteiger partial charge is 0.305 e. The molecule has 1 aromatic heterocycles. The highest BCUT2D eigenvalue weighted by Gasteiger charge is 2.05. The number of carbonyl (C=O) groups excluding carboxylic acids is 1. The first-order valence-corrected chi connectivity index (χ1v) is 11.3. The van der Waals surface area contributed by atoms with Gasteiger partial charge in [0.15, 0.2) is 0 Å². The maximum absolute atomic E-state index is 11.3. The van der Waals surface area contributed by atoms with Crippen LogP contribution in [0.25, 0.3) is 10.8 Å². The zero-order valence-corrected chi connectivity index (χ0v) is 18.8. The van der Waals surface area contributed by atoms with Crippen LogP contribution in [0.4, 0.5) is 0 Å². The van der Waals surface area contributed by atoms with Crippen LogP contribution in [0.1, 0.15) is 32.1 Å². The number of esters is 1. The highest BCUT2D eigenvalue weighted by Crippen LogP contribution is 2.25. The van der Waals surface area contributed by atoms with E-state index < -0.39 is 0 Å². The molecule has 1 heterocycles. The lowest BCUT2D eigenvalue weighted by Crippen LogP contribution is -2.22. The summed E-state index contributed by atoms with van der Waals surface area (Å²) in [6.07, 6.45) is 12.1. The second-order valence-electron chi connectivity index (χ2n) is 7.78. The molecule has 0 unspecified atom stereocenters. The zero-order valence-electron chi connectivity index (χ0n) is 18.8. The van der Waals surface area contributed by atoms with Crippen molar-refractivity contribution in [1.82, 2.24) is 14.9 Å². The van der Waals surface area contributed by atoms with Gasteiger partial charge in [0.1, 0.15) is 12.4 Å². The van der Waals surface area contributed by atoms with E-state index in [0.717, 1.165) is 56.5 Å². The van der Waals surface area contributed by atoms with Gasteiger partial charge in [-0.05, 0) is 49.3 Å². The number of aryl methyl sites for hydroxylation is 1. The lowest BCUT2D eigenvalue weighted by Gasteiger charge is -2.13. The van der Waals surface area contributed by atoms with Crippen molar-refractivity contribution in [1.29, 1.82) is 0 Å². The number of aromatic nitrogens is 2. The number of carbonyl (C=O) groups is 1. The number of methoxy groups -OCH3 is 1. The van der Waals surface area contributed by atoms with Crippen LogP contribution in [-0.2, 0) is 16.1 Å². The summed E-state index contributed by atoms with van der Waals surface area (Å²) < 4.78 is 13.0. The fourth-order valence-electron chi connectivity index (χ4n) is 3.55. The van der Waals surface area contributed by atoms with Crippen LogP contribution in [0.3, 0.4) is 0 Å². The molecule has 3 rings (SSSR count). The largest absolute Gasteiger partial charge is 0.489 e. The Morgan fingerprint density at radius 1 is 1.12 bits per heavy atom. The third-order valence-corrected chi connectivity index (χ3v) is 5.34. The molecule has 0 radical (unpaired) electrons. The van der Waals surface area contributed by atoms with Gasteiger partial charge < -0.3 is 19.4 Å². The van der Waals surface area contributed by atoms with Crippen molar-refractivity contribution < 1.29 is 14.3 Å². The van der Waals surface area contributed by atoms with Gasteiger partial charge >= 0.3 is 5.97 Å². The second-order valence-corrected chi connectivity index (χ2v) is 7.78. The molecule has 0 amide bonds. The molecule has 0 fully saturated rings. The first-order valence-electron chi connectivity index (χ1n) is 11.3. The molecule has 0 aliphatic carbocycles. The van der Waals surface area contributed by atoms with Crippen LogP contribution in [0.15, 0.2) is 72.8 Å². The topological polar surface area (TPSA) is 65.4 Å². The number of rotatable bonds is 14. The van der Waals surface area contributed by atoms with Crippen molar-refractivity contribution in [3.8, 4) is 5.75 Å². The summed E-state index contributed by atoms with van der Waals surface area (Å²) in [4.78, 5) is 15.4. The Balaban J connectivity index is 1.51. The zero-order chi connectivity index (χ0) is 22.4. The van der Waals surface area contributed by atoms with Gasteiger partial charge in [-0.15, -0.1) is 0 Å². The quantitative estimate of drug-likeness (QED) is 0.225. The van der Waals surface area contributed by atoms with E-state index in [1.165, 1.54) is 18.1 Å². The molecule has 0 spiro atoms. The Morgan fingerprint density at radius 3 is 2.84 bits per heavy atom. The van der Waals surface area contributed by atoms with E-state index in [2.05, 4.69) is 39.1 Å². The minimum absolute atomic E-state index is 0.145. The summed E-state index contributed by atoms with van der Waals surface area (Å²) in [5, 5.41) is 5.84. The van der Waals surface area contributed by atoms with Crippen LogP contribution in [-0.4, -0.2) is 42.3 Å². The molecule has 32 heavy (non-hydrogen) atoms. The van der Waals surface area contributed by atoms with Crippen LogP contribution < -0.4 is 10.1 Å². The summed E-state index contributed by atoms with van der Waals surface area (Å²) in [7, 11) is 1.43. The van der Waals surface area contributed by atoms with E-state index in [9.17, 15) is 4.79 Å². The number of benzene rings is 2. The molecule has 0 aliphatic heterocycles. The van der Waals surface area contributed by atoms with Gasteiger partial charge in [0.2, 0.25) is 0 Å². The van der Waals surface area contributed by atoms with Crippen LogP contribution in [0.2, 0.25) is 0 Å². The van der Waals surface area contributed by atoms with Gasteiger partial charge in [-0.2, -0.15) is 0 Å². The molecule has 0 aliphatic rings. The molecule has 0 saturated carbocycles. The van der Waals surface area contributed by atoms with Crippen molar-refractivity contribution in [3.05, 3.63) is 72.8 Å². The minimum Gasteiger partial charge on any atom is -0.489 e. The van der Waals surface area contributed by atoms with E-state index in [1.807, 2.05) is 36.8 Å². The van der Waals surface area contributed by atoms with Crippen molar-refractivity contribution in [2.45, 2.75) is 38.6 Å². The number of allylic oxidation sites excluding steroid dienone is 1. The van der Waals surface area contributed by atoms with Gasteiger partial charge in [-0.3, -0.25) is 4.79 Å². The van der Waals surface area contributed by atoms with Gasteiger partial charge in [0, 0.05) is 37.3 Å². The Morgan fingerprint density at radius 2 is 2.00 bits per heavy atom. The first kappa shape index (κ1) is 23.5. The van der Waals surface area contributed by atoms with E-state index in [-0.39, 0.29) is 5.97 Å². The van der Waals surface area contributed by atoms with Gasteiger partial charge in [0.25, 0.3) is 0 Å². The molecular weight excluding hydrogens is 402 g/mol. The number of hydrogen-bond acceptors (Lipinski definition) is 5. The molecule has 170 valence electrons. The standard InChI is InChI=1S/C26H33N3O3/c1-31-26(30)14-4-2-3-9-22(19-27-15-8-17-29-18-16-28-21-29)20-32-25-13-7-11-23-10-5-6-12-24(23)25/h5-7,9-13,16,18,21,27H,2-4,8,14-15,17,19-20H2,1H3/b22-9-. The number of imidazole rings is 1. The Kier molecular flexibility index (Phi) is 9.80. The number of nitrogens with zero attached hydrogens (tertiary/aromatic N) is 2. The van der Waals surface area contributed by atoms with Crippen molar-refractivity contribution in [2.75, 3.05) is 26.8 Å². The van der Waals surface area contributed by atoms with Gasteiger partial charge in [-0.1, -0.05) is 42.5 Å². The minimum atomic E-state index is -0.145. The molecule has 6 nitrogen and oxygen atoms in total. The third-order valence-electron chi connectivity index (χ3n) is 5.34. The fraction of sp³-hybridized carbons (Fsp3) is 0.385. The van der Waals surface area contributed by atoms with Crippen LogP contribution in [0, 0.1) is 0 Å². The molecule has 2 aromatic carbocycles. The Labute approximate surface area is 190 Å². The maximum atomic E-state index is 11.3. The predicted molar refractivity (Wildman–Crippen MR) is 128 cm³/mol. The summed E-state index contributed by atoms with van der Waals surface area (Å²) in [5.74, 6) is 0.757. The highest BCUT2D eigenvalue weighted by molar-refractivity contribution is 5.88. The number of fused-ring (bicyclic) bond motifs is 1. The molecule has 1 N–H and O–H groups in total. The molecular formula is C26H33N3O3. The lowest BCUT2D eigenvalue weighted by atomic mass is 10.1. The normalized spacial score (nSPS) is 11.6. The predicted octanol–water partition coefficient (Wildman–Crippen LogP) is 4.75. The number of nitrogens with one attached hydrogen (secondary N) is 1. The Hall–Kier alpha value is -3.12. The fourth-order valence-corrected chi connectivity index (χ4v) is 3.55. The number of unbranched alkanes of at least 4 members (excludes halogenated alkanes) is 2. The molecule has 0 atom stereocenters. The average molecular weight is 436 g/mol. The van der Waals surface area contributed by atoms with Crippen LogP contribution in [0.5, 0.6) is 5.75 Å². The van der Waals surface area contributed by atoms with Crippen molar-refractivity contribution in [2.24, 2.45) is 0 Å². The molecule has 0 bridgehead atoms. The summed E-state index contributed by atoms with van der Waals surface area (Å²) in [6, 6.07) is 14.4. The first-order chi connectivity index (χ1) is 15.8. The van der Waals surface area contributed by atoms with Crippen LogP contribution >= 0.6 is 0 Å². The van der Waals surface area contributed by atoms with E-state index in [4.69, 9.17) is 9.47 Å². The monoisotopic (exact) mass is 435 g/mol. The molecule has 3 aromatic rings. The molecule has 6 heteroatoms. The average Bonchev–Trinajstić information content (AvgIpc) is 3.35. The maximum Gasteiger partial charge on any atom is 0.305 e. The summed E-state index contributed by atoms with van der Waals surface area (Å²) in [6.45, 7) is 3.20. The van der Waals surface area contributed by atoms with Gasteiger partial charge in [-0.25, -0.2) is 4.98 Å². The van der Waals surface area contributed by atoms with E-state index >= 15 is 0 Å². The van der Waals surface area contributed by atoms with Gasteiger partial charge in [0.05, 0.1) is 13.4 Å². The molecule has 0 saturated heterocycles. The lowest BCUT2D eigenvalue weighted by molar-refractivity contribution is -0.140. The number of hydrogen-bond donors (Lipinski definition) is 1. The van der Waals surface area contributed by atoms with E-state index in [1.54, 1.807) is 6.20 Å². The summed E-state index contributed by atoms with van der Waals surface area (Å²) in [5.41, 5.74) is 1.22. The highest BCUT2D eigenvalue weighted by atomic mass is 16.5.